The van der Waals surface area contributed by atoms with Gasteiger partial charge in [-0.3, -0.25) is 14.9 Å². The molecule has 0 bridgehead atoms. The molecule has 1 saturated heterocycles. The molecule has 13 heteroatoms. The maximum Gasteiger partial charge on any atom is 0.293 e. The molecule has 168 valence electrons. The fourth-order valence-corrected chi connectivity index (χ4v) is 5.38. The van der Waals surface area contributed by atoms with Crippen molar-refractivity contribution in [2.75, 3.05) is 37.4 Å². The first-order valence-corrected chi connectivity index (χ1v) is 12.7. The zero-order chi connectivity index (χ0) is 22.4. The fourth-order valence-electron chi connectivity index (χ4n) is 3.01. The first-order valence-electron chi connectivity index (χ1n) is 9.33. The van der Waals surface area contributed by atoms with Gasteiger partial charge in [0.15, 0.2) is 0 Å². The van der Waals surface area contributed by atoms with E-state index in [1.807, 2.05) is 17.5 Å². The molecule has 1 aliphatic heterocycles. The lowest BCUT2D eigenvalue weighted by atomic mass is 10.1. The minimum Gasteiger partial charge on any atom is -0.378 e. The number of amides is 1. The quantitative estimate of drug-likeness (QED) is 0.311. The van der Waals surface area contributed by atoms with Gasteiger partial charge in [-0.2, -0.15) is 0 Å². The van der Waals surface area contributed by atoms with Gasteiger partial charge in [0.05, 0.1) is 27.2 Å². The summed E-state index contributed by atoms with van der Waals surface area (Å²) in [5.41, 5.74) is -0.291. The van der Waals surface area contributed by atoms with Crippen molar-refractivity contribution >= 4 is 50.4 Å². The van der Waals surface area contributed by atoms with E-state index >= 15 is 0 Å². The number of nitrogens with one attached hydrogen (secondary N) is 1. The number of morpholine rings is 1. The molecule has 10 nitrogen and oxygen atoms in total. The average Bonchev–Trinajstić information content (AvgIpc) is 3.25. The molecule has 1 aromatic heterocycles. The lowest BCUT2D eigenvalue weighted by molar-refractivity contribution is -0.384. The topological polar surface area (TPSA) is 145 Å². The summed E-state index contributed by atoms with van der Waals surface area (Å²) < 4.78 is 29.5. The molecule has 0 saturated carbocycles. The molecule has 1 fully saturated rings. The van der Waals surface area contributed by atoms with Crippen LogP contribution in [-0.4, -0.2) is 62.2 Å². The Hall–Kier alpha value is -2.19. The highest BCUT2D eigenvalue weighted by molar-refractivity contribution is 8.01. The maximum absolute atomic E-state index is 12.8. The largest absolute Gasteiger partial charge is 0.378 e. The summed E-state index contributed by atoms with van der Waals surface area (Å²) in [6, 6.07) is 6.90. The molecule has 2 heterocycles. The standard InChI is InChI=1S/C18H22N4O6S3/c19-31(26,27)14-3-4-15(16(11-14)22(24)25)20-13(12-30-18-2-1-9-29-18)10-17(23)21-5-7-28-8-6-21/h1-4,9,11,13,20H,5-8,10,12H2,(H2,19,26,27)/t13-/m1/s1. The molecule has 3 rings (SSSR count). The summed E-state index contributed by atoms with van der Waals surface area (Å²) in [6.45, 7) is 1.97. The Balaban J connectivity index is 1.80. The van der Waals surface area contributed by atoms with E-state index in [0.29, 0.717) is 32.1 Å². The van der Waals surface area contributed by atoms with Crippen LogP contribution in [0.5, 0.6) is 0 Å². The van der Waals surface area contributed by atoms with E-state index in [2.05, 4.69) is 5.32 Å². The van der Waals surface area contributed by atoms with Crippen LogP contribution in [0.2, 0.25) is 0 Å². The molecular formula is C18H22N4O6S3. The normalized spacial score (nSPS) is 15.5. The number of rotatable bonds is 9. The third-order valence-electron chi connectivity index (χ3n) is 4.56. The maximum atomic E-state index is 12.8. The fraction of sp³-hybridized carbons (Fsp3) is 0.389. The Morgan fingerprint density at radius 1 is 1.35 bits per heavy atom. The number of hydrogen-bond donors (Lipinski definition) is 2. The van der Waals surface area contributed by atoms with Gasteiger partial charge in [0.1, 0.15) is 5.69 Å². The molecule has 0 radical (unpaired) electrons. The number of thioether (sulfide) groups is 1. The number of carbonyl (C=O) groups is 1. The van der Waals surface area contributed by atoms with Crippen molar-refractivity contribution in [3.63, 3.8) is 0 Å². The van der Waals surface area contributed by atoms with Gasteiger partial charge < -0.3 is 15.0 Å². The van der Waals surface area contributed by atoms with Crippen molar-refractivity contribution in [2.45, 2.75) is 21.6 Å². The van der Waals surface area contributed by atoms with E-state index in [-0.39, 0.29) is 22.9 Å². The van der Waals surface area contributed by atoms with Crippen LogP contribution in [0.4, 0.5) is 11.4 Å². The van der Waals surface area contributed by atoms with Gasteiger partial charge in [0.25, 0.3) is 5.69 Å². The van der Waals surface area contributed by atoms with Crippen molar-refractivity contribution in [3.8, 4) is 0 Å². The summed E-state index contributed by atoms with van der Waals surface area (Å²) in [6.07, 6.45) is 0.131. The Labute approximate surface area is 188 Å². The number of ether oxygens (including phenoxy) is 1. The summed E-state index contributed by atoms with van der Waals surface area (Å²) in [4.78, 5) is 25.0. The van der Waals surface area contributed by atoms with Crippen LogP contribution in [0.25, 0.3) is 0 Å². The number of sulfonamides is 1. The van der Waals surface area contributed by atoms with Gasteiger partial charge >= 0.3 is 0 Å². The van der Waals surface area contributed by atoms with Crippen LogP contribution >= 0.6 is 23.1 Å². The third kappa shape index (κ3) is 6.64. The van der Waals surface area contributed by atoms with Crippen molar-refractivity contribution in [1.82, 2.24) is 4.90 Å². The summed E-state index contributed by atoms with van der Waals surface area (Å²) >= 11 is 3.10. The third-order valence-corrected chi connectivity index (χ3v) is 7.77. The molecule has 2 aromatic rings. The van der Waals surface area contributed by atoms with Crippen LogP contribution < -0.4 is 10.5 Å². The van der Waals surface area contributed by atoms with Crippen LogP contribution in [0.15, 0.2) is 44.8 Å². The van der Waals surface area contributed by atoms with Crippen molar-refractivity contribution in [2.24, 2.45) is 5.14 Å². The number of anilines is 1. The highest BCUT2D eigenvalue weighted by Gasteiger charge is 2.25. The average molecular weight is 487 g/mol. The number of primary sulfonamides is 1. The SMILES string of the molecule is NS(=O)(=O)c1ccc(N[C@@H](CSc2cccs2)CC(=O)N2CCOCC2)c([N+](=O)[O-])c1. The van der Waals surface area contributed by atoms with Crippen molar-refractivity contribution in [1.29, 1.82) is 0 Å². The number of nitrogens with zero attached hydrogens (tertiary/aromatic N) is 2. The number of nitro groups is 1. The van der Waals surface area contributed by atoms with E-state index in [0.717, 1.165) is 10.3 Å². The minimum absolute atomic E-state index is 0.0728. The van der Waals surface area contributed by atoms with Crippen LogP contribution in [0, 0.1) is 10.1 Å². The Morgan fingerprint density at radius 2 is 2.10 bits per heavy atom. The predicted octanol–water partition coefficient (Wildman–Crippen LogP) is 2.13. The lowest BCUT2D eigenvalue weighted by Crippen LogP contribution is -2.43. The summed E-state index contributed by atoms with van der Waals surface area (Å²) in [7, 11) is -4.09. The molecule has 1 aromatic carbocycles. The van der Waals surface area contributed by atoms with Crippen LogP contribution in [0.1, 0.15) is 6.42 Å². The highest BCUT2D eigenvalue weighted by atomic mass is 32.2. The number of carbonyl (C=O) groups excluding carboxylic acids is 1. The number of nitro benzene ring substituents is 1. The van der Waals surface area contributed by atoms with E-state index in [9.17, 15) is 23.3 Å². The first-order chi connectivity index (χ1) is 14.7. The molecule has 3 N–H and O–H groups in total. The minimum atomic E-state index is -4.09. The van der Waals surface area contributed by atoms with Gasteiger partial charge in [-0.05, 0) is 23.6 Å². The number of nitrogens with two attached hydrogens (primary N) is 1. The Bertz CT molecular complexity index is 1020. The zero-order valence-corrected chi connectivity index (χ0v) is 18.9. The Morgan fingerprint density at radius 3 is 2.71 bits per heavy atom. The van der Waals surface area contributed by atoms with Gasteiger partial charge in [0, 0.05) is 37.4 Å². The molecule has 31 heavy (non-hydrogen) atoms. The monoisotopic (exact) mass is 486 g/mol. The second kappa shape index (κ2) is 10.4. The van der Waals surface area contributed by atoms with Gasteiger partial charge in [0.2, 0.25) is 15.9 Å². The molecule has 1 aliphatic rings. The highest BCUT2D eigenvalue weighted by Crippen LogP contribution is 2.30. The van der Waals surface area contributed by atoms with Crippen LogP contribution in [-0.2, 0) is 19.6 Å². The predicted molar refractivity (Wildman–Crippen MR) is 119 cm³/mol. The molecule has 0 spiro atoms. The van der Waals surface area contributed by atoms with Gasteiger partial charge in [-0.25, -0.2) is 13.6 Å². The van der Waals surface area contributed by atoms with E-state index < -0.39 is 26.7 Å². The second-order valence-corrected chi connectivity index (χ2v) is 10.6. The Kier molecular flexibility index (Phi) is 7.89. The number of thiophene rings is 1. The number of benzene rings is 1. The molecule has 1 atom stereocenters. The molecular weight excluding hydrogens is 464 g/mol. The summed E-state index contributed by atoms with van der Waals surface area (Å²) in [5, 5.41) is 21.6. The van der Waals surface area contributed by atoms with Gasteiger partial charge in [-0.1, -0.05) is 6.07 Å². The van der Waals surface area contributed by atoms with E-state index in [1.54, 1.807) is 16.2 Å². The zero-order valence-electron chi connectivity index (χ0n) is 16.4. The lowest BCUT2D eigenvalue weighted by Gasteiger charge is -2.29. The molecule has 0 unspecified atom stereocenters. The smallest absolute Gasteiger partial charge is 0.293 e. The van der Waals surface area contributed by atoms with Crippen molar-refractivity contribution < 1.29 is 22.9 Å². The molecule has 1 amide bonds. The first kappa shape index (κ1) is 23.5. The second-order valence-electron chi connectivity index (χ2n) is 6.76. The van der Waals surface area contributed by atoms with Crippen molar-refractivity contribution in [3.05, 3.63) is 45.8 Å². The summed E-state index contributed by atoms with van der Waals surface area (Å²) in [5.74, 6) is 0.418. The van der Waals surface area contributed by atoms with Crippen LogP contribution in [0.3, 0.4) is 0 Å². The molecule has 0 aliphatic carbocycles. The van der Waals surface area contributed by atoms with E-state index in [4.69, 9.17) is 9.88 Å². The van der Waals surface area contributed by atoms with Gasteiger partial charge in [-0.15, -0.1) is 23.1 Å². The number of hydrogen-bond acceptors (Lipinski definition) is 9. The van der Waals surface area contributed by atoms with E-state index in [1.165, 1.54) is 23.9 Å².